The van der Waals surface area contributed by atoms with Crippen molar-refractivity contribution in [1.29, 1.82) is 0 Å². The SMILES string of the molecule is CC(C)n1cc(F)c(=S)[nH]c1=S. The van der Waals surface area contributed by atoms with Crippen molar-refractivity contribution < 1.29 is 4.39 Å². The first-order valence-electron chi connectivity index (χ1n) is 3.53. The third-order valence-electron chi connectivity index (χ3n) is 1.48. The van der Waals surface area contributed by atoms with Crippen molar-refractivity contribution in [3.8, 4) is 0 Å². The summed E-state index contributed by atoms with van der Waals surface area (Å²) in [6.45, 7) is 3.85. The summed E-state index contributed by atoms with van der Waals surface area (Å²) in [7, 11) is 0. The average Bonchev–Trinajstić information content (AvgIpc) is 1.96. The molecule has 0 saturated carbocycles. The van der Waals surface area contributed by atoms with Crippen molar-refractivity contribution in [2.45, 2.75) is 19.9 Å². The van der Waals surface area contributed by atoms with Crippen molar-refractivity contribution in [1.82, 2.24) is 9.55 Å². The Kier molecular flexibility index (Phi) is 2.74. The molecule has 1 N–H and O–H groups in total. The Morgan fingerprint density at radius 2 is 2.08 bits per heavy atom. The van der Waals surface area contributed by atoms with Crippen molar-refractivity contribution >= 4 is 24.4 Å². The lowest BCUT2D eigenvalue weighted by Crippen LogP contribution is -2.05. The van der Waals surface area contributed by atoms with Crippen LogP contribution >= 0.6 is 24.4 Å². The predicted molar refractivity (Wildman–Crippen MR) is 50.8 cm³/mol. The fourth-order valence-electron chi connectivity index (χ4n) is 0.844. The highest BCUT2D eigenvalue weighted by Gasteiger charge is 2.01. The minimum Gasteiger partial charge on any atom is -0.321 e. The molecule has 66 valence electrons. The van der Waals surface area contributed by atoms with Gasteiger partial charge in [-0.25, -0.2) is 4.39 Å². The van der Waals surface area contributed by atoms with Gasteiger partial charge in [-0.3, -0.25) is 0 Å². The van der Waals surface area contributed by atoms with Crippen LogP contribution in [0, 0.1) is 15.2 Å². The van der Waals surface area contributed by atoms with Crippen LogP contribution in [-0.2, 0) is 0 Å². The third-order valence-corrected chi connectivity index (χ3v) is 2.09. The maximum atomic E-state index is 12.9. The monoisotopic (exact) mass is 204 g/mol. The molecule has 1 heterocycles. The average molecular weight is 204 g/mol. The first-order valence-corrected chi connectivity index (χ1v) is 4.35. The molecule has 12 heavy (non-hydrogen) atoms. The second kappa shape index (κ2) is 3.45. The van der Waals surface area contributed by atoms with Gasteiger partial charge in [0, 0.05) is 12.2 Å². The van der Waals surface area contributed by atoms with E-state index in [9.17, 15) is 4.39 Å². The zero-order chi connectivity index (χ0) is 9.30. The third kappa shape index (κ3) is 1.78. The van der Waals surface area contributed by atoms with Crippen molar-refractivity contribution in [3.05, 3.63) is 21.4 Å². The first kappa shape index (κ1) is 9.54. The van der Waals surface area contributed by atoms with Gasteiger partial charge in [-0.05, 0) is 26.1 Å². The van der Waals surface area contributed by atoms with Crippen LogP contribution in [-0.4, -0.2) is 9.55 Å². The summed E-state index contributed by atoms with van der Waals surface area (Å²) in [6, 6.07) is 0.138. The molecule has 0 aromatic carbocycles. The van der Waals surface area contributed by atoms with E-state index in [-0.39, 0.29) is 10.7 Å². The number of rotatable bonds is 1. The number of nitrogens with zero attached hydrogens (tertiary/aromatic N) is 1. The predicted octanol–water partition coefficient (Wildman–Crippen LogP) is 3.00. The van der Waals surface area contributed by atoms with Crippen LogP contribution in [0.4, 0.5) is 4.39 Å². The van der Waals surface area contributed by atoms with Crippen LogP contribution in [0.2, 0.25) is 0 Å². The molecule has 0 aliphatic carbocycles. The minimum absolute atomic E-state index is 0.0666. The van der Waals surface area contributed by atoms with Crippen LogP contribution in [0.15, 0.2) is 6.20 Å². The van der Waals surface area contributed by atoms with Gasteiger partial charge >= 0.3 is 0 Å². The number of H-pyrrole nitrogens is 1. The Morgan fingerprint density at radius 1 is 1.50 bits per heavy atom. The maximum absolute atomic E-state index is 12.9. The highest BCUT2D eigenvalue weighted by atomic mass is 32.1. The van der Waals surface area contributed by atoms with Crippen molar-refractivity contribution in [2.75, 3.05) is 0 Å². The molecule has 1 rings (SSSR count). The van der Waals surface area contributed by atoms with E-state index in [2.05, 4.69) is 17.2 Å². The molecule has 0 saturated heterocycles. The molecule has 0 radical (unpaired) electrons. The second-order valence-corrected chi connectivity index (χ2v) is 3.53. The van der Waals surface area contributed by atoms with Gasteiger partial charge in [0.15, 0.2) is 10.6 Å². The van der Waals surface area contributed by atoms with Crippen LogP contribution in [0.25, 0.3) is 0 Å². The molecule has 0 fully saturated rings. The summed E-state index contributed by atoms with van der Waals surface area (Å²) in [4.78, 5) is 2.61. The number of aromatic nitrogens is 2. The van der Waals surface area contributed by atoms with E-state index in [4.69, 9.17) is 12.2 Å². The lowest BCUT2D eigenvalue weighted by molar-refractivity contribution is 0.526. The quantitative estimate of drug-likeness (QED) is 0.710. The Labute approximate surface area is 80.1 Å². The van der Waals surface area contributed by atoms with E-state index < -0.39 is 5.82 Å². The van der Waals surface area contributed by atoms with Gasteiger partial charge in [-0.15, -0.1) is 0 Å². The summed E-state index contributed by atoms with van der Waals surface area (Å²) >= 11 is 9.63. The number of nitrogens with one attached hydrogen (secondary N) is 1. The summed E-state index contributed by atoms with van der Waals surface area (Å²) in [5.41, 5.74) is 0. The molecule has 0 aliphatic rings. The Bertz CT molecular complexity index is 391. The molecule has 1 aromatic heterocycles. The Hall–Kier alpha value is -0.550. The van der Waals surface area contributed by atoms with E-state index >= 15 is 0 Å². The van der Waals surface area contributed by atoms with Gasteiger partial charge in [0.25, 0.3) is 0 Å². The second-order valence-electron chi connectivity index (χ2n) is 2.74. The molecule has 0 atom stereocenters. The van der Waals surface area contributed by atoms with Crippen LogP contribution < -0.4 is 0 Å². The van der Waals surface area contributed by atoms with E-state index in [0.29, 0.717) is 4.77 Å². The van der Waals surface area contributed by atoms with Crippen LogP contribution in [0.5, 0.6) is 0 Å². The fraction of sp³-hybridized carbons (Fsp3) is 0.429. The van der Waals surface area contributed by atoms with Crippen LogP contribution in [0.1, 0.15) is 19.9 Å². The number of halogens is 1. The molecule has 2 nitrogen and oxygen atoms in total. The Morgan fingerprint density at radius 3 is 2.58 bits per heavy atom. The molecular formula is C7H9FN2S2. The van der Waals surface area contributed by atoms with Gasteiger partial charge in [-0.2, -0.15) is 0 Å². The first-order chi connectivity index (χ1) is 5.52. The van der Waals surface area contributed by atoms with E-state index in [0.717, 1.165) is 0 Å². The summed E-state index contributed by atoms with van der Waals surface area (Å²) in [5, 5.41) is 0. The smallest absolute Gasteiger partial charge is 0.178 e. The molecule has 0 bridgehead atoms. The summed E-state index contributed by atoms with van der Waals surface area (Å²) < 4.78 is 15.1. The molecule has 0 amide bonds. The molecule has 0 unspecified atom stereocenters. The highest BCUT2D eigenvalue weighted by Crippen LogP contribution is 2.06. The zero-order valence-corrected chi connectivity index (χ0v) is 8.43. The number of hydrogen-bond acceptors (Lipinski definition) is 2. The highest BCUT2D eigenvalue weighted by molar-refractivity contribution is 7.72. The lowest BCUT2D eigenvalue weighted by Gasteiger charge is -2.09. The number of hydrogen-bond donors (Lipinski definition) is 1. The van der Waals surface area contributed by atoms with Gasteiger partial charge in [-0.1, -0.05) is 12.2 Å². The molecule has 5 heteroatoms. The van der Waals surface area contributed by atoms with E-state index in [1.807, 2.05) is 13.8 Å². The summed E-state index contributed by atoms with van der Waals surface area (Å²) in [6.07, 6.45) is 1.33. The molecule has 0 spiro atoms. The summed E-state index contributed by atoms with van der Waals surface area (Å²) in [5.74, 6) is -0.438. The van der Waals surface area contributed by atoms with Crippen molar-refractivity contribution in [3.63, 3.8) is 0 Å². The largest absolute Gasteiger partial charge is 0.321 e. The molecular weight excluding hydrogens is 195 g/mol. The zero-order valence-electron chi connectivity index (χ0n) is 6.80. The Balaban J connectivity index is 3.44. The van der Waals surface area contributed by atoms with Gasteiger partial charge in [0.05, 0.1) is 0 Å². The molecule has 1 aromatic rings. The van der Waals surface area contributed by atoms with E-state index in [1.165, 1.54) is 6.20 Å². The van der Waals surface area contributed by atoms with Gasteiger partial charge in [0.1, 0.15) is 4.64 Å². The normalized spacial score (nSPS) is 10.7. The fourth-order valence-corrected chi connectivity index (χ4v) is 1.42. The lowest BCUT2D eigenvalue weighted by atomic mass is 10.4. The number of aromatic amines is 1. The molecule has 0 aliphatic heterocycles. The maximum Gasteiger partial charge on any atom is 0.178 e. The minimum atomic E-state index is -0.438. The van der Waals surface area contributed by atoms with Gasteiger partial charge in [0.2, 0.25) is 0 Å². The van der Waals surface area contributed by atoms with Gasteiger partial charge < -0.3 is 9.55 Å². The van der Waals surface area contributed by atoms with Crippen molar-refractivity contribution in [2.24, 2.45) is 0 Å². The standard InChI is InChI=1S/C7H9FN2S2/c1-4(2)10-3-5(8)6(11)9-7(10)12/h3-4H,1-2H3,(H,9,11,12). The van der Waals surface area contributed by atoms with E-state index in [1.54, 1.807) is 4.57 Å². The van der Waals surface area contributed by atoms with Crippen LogP contribution in [0.3, 0.4) is 0 Å². The topological polar surface area (TPSA) is 20.7 Å².